The summed E-state index contributed by atoms with van der Waals surface area (Å²) in [5, 5.41) is 2.70. The van der Waals surface area contributed by atoms with Crippen molar-refractivity contribution in [2.24, 2.45) is 0 Å². The molecule has 1 aromatic carbocycles. The largest absolute Gasteiger partial charge is 0.462 e. The van der Waals surface area contributed by atoms with Crippen LogP contribution in [0.15, 0.2) is 30.3 Å². The van der Waals surface area contributed by atoms with Crippen LogP contribution in [0.25, 0.3) is 0 Å². The number of esters is 1. The maximum absolute atomic E-state index is 12.5. The molecule has 2 atom stereocenters. The molecule has 26 heavy (non-hydrogen) atoms. The van der Waals surface area contributed by atoms with Crippen LogP contribution in [0.5, 0.6) is 0 Å². The van der Waals surface area contributed by atoms with Gasteiger partial charge in [0.1, 0.15) is 10.4 Å². The molecular formula is C20H22ClNO3S. The Balaban J connectivity index is 1.93. The van der Waals surface area contributed by atoms with Crippen LogP contribution in [0.2, 0.25) is 0 Å². The molecule has 1 N–H and O–H groups in total. The molecule has 0 bridgehead atoms. The highest BCUT2D eigenvalue weighted by Crippen LogP contribution is 2.42. The molecular weight excluding hydrogens is 370 g/mol. The summed E-state index contributed by atoms with van der Waals surface area (Å²) in [6.07, 6.45) is 2.63. The van der Waals surface area contributed by atoms with Crippen LogP contribution in [0.3, 0.4) is 0 Å². The van der Waals surface area contributed by atoms with Crippen molar-refractivity contribution in [3.05, 3.63) is 51.9 Å². The maximum atomic E-state index is 12.5. The number of fused-ring (bicyclic) bond motifs is 1. The van der Waals surface area contributed by atoms with Crippen LogP contribution >= 0.6 is 22.9 Å². The van der Waals surface area contributed by atoms with Gasteiger partial charge in [-0.15, -0.1) is 22.9 Å². The third kappa shape index (κ3) is 3.94. The average molecular weight is 392 g/mol. The lowest BCUT2D eigenvalue weighted by Gasteiger charge is -2.23. The summed E-state index contributed by atoms with van der Waals surface area (Å²) >= 11 is 7.35. The van der Waals surface area contributed by atoms with Gasteiger partial charge in [0, 0.05) is 4.88 Å². The van der Waals surface area contributed by atoms with E-state index in [4.69, 9.17) is 16.3 Å². The summed E-state index contributed by atoms with van der Waals surface area (Å²) in [6, 6.07) is 10.4. The number of amides is 1. The van der Waals surface area contributed by atoms with E-state index in [1.54, 1.807) is 13.8 Å². The van der Waals surface area contributed by atoms with Crippen LogP contribution in [0.4, 0.5) is 5.00 Å². The summed E-state index contributed by atoms with van der Waals surface area (Å²) in [5.41, 5.74) is 2.83. The van der Waals surface area contributed by atoms with Crippen molar-refractivity contribution in [1.29, 1.82) is 0 Å². The summed E-state index contributed by atoms with van der Waals surface area (Å²) in [5.74, 6) is -0.260. The number of halogens is 1. The van der Waals surface area contributed by atoms with Gasteiger partial charge in [0.05, 0.1) is 12.2 Å². The van der Waals surface area contributed by atoms with E-state index < -0.39 is 5.38 Å². The Bertz CT molecular complexity index is 801. The van der Waals surface area contributed by atoms with Gasteiger partial charge in [-0.25, -0.2) is 4.79 Å². The van der Waals surface area contributed by atoms with Crippen LogP contribution in [-0.4, -0.2) is 23.9 Å². The maximum Gasteiger partial charge on any atom is 0.341 e. The van der Waals surface area contributed by atoms with Crippen molar-refractivity contribution in [2.45, 2.75) is 44.4 Å². The number of carbonyl (C=O) groups is 2. The smallest absolute Gasteiger partial charge is 0.341 e. The van der Waals surface area contributed by atoms with E-state index in [0.29, 0.717) is 23.1 Å². The Labute approximate surface area is 162 Å². The predicted molar refractivity (Wildman–Crippen MR) is 105 cm³/mol. The number of hydrogen-bond acceptors (Lipinski definition) is 4. The fourth-order valence-corrected chi connectivity index (χ4v) is 4.69. The second-order valence-electron chi connectivity index (χ2n) is 6.38. The highest BCUT2D eigenvalue weighted by atomic mass is 35.5. The zero-order valence-electron chi connectivity index (χ0n) is 14.9. The highest BCUT2D eigenvalue weighted by Gasteiger charge is 2.31. The highest BCUT2D eigenvalue weighted by molar-refractivity contribution is 7.17. The van der Waals surface area contributed by atoms with E-state index in [1.165, 1.54) is 16.9 Å². The normalized spacial score (nSPS) is 17.3. The number of hydrogen-bond donors (Lipinski definition) is 1. The first-order valence-corrected chi connectivity index (χ1v) is 10.1. The summed E-state index contributed by atoms with van der Waals surface area (Å²) < 4.78 is 5.23. The molecule has 4 nitrogen and oxygen atoms in total. The minimum absolute atomic E-state index is 0.301. The molecule has 138 valence electrons. The second kappa shape index (κ2) is 8.23. The van der Waals surface area contributed by atoms with E-state index in [0.717, 1.165) is 29.7 Å². The lowest BCUT2D eigenvalue weighted by atomic mass is 9.83. The Kier molecular flexibility index (Phi) is 5.99. The molecule has 0 spiro atoms. The van der Waals surface area contributed by atoms with Gasteiger partial charge in [-0.2, -0.15) is 0 Å². The molecule has 0 saturated heterocycles. The summed E-state index contributed by atoms with van der Waals surface area (Å²) in [6.45, 7) is 3.69. The molecule has 0 radical (unpaired) electrons. The van der Waals surface area contributed by atoms with E-state index in [-0.39, 0.29) is 11.9 Å². The standard InChI is InChI=1S/C20H22ClNO3S/c1-3-25-20(24)17-15-10-9-14(13-7-5-4-6-8-13)11-16(15)26-19(17)22-18(23)12(2)21/h4-8,12,14H,3,9-11H2,1-2H3,(H,22,23)/t12-,14+/m0/s1. The first kappa shape index (κ1) is 18.9. The van der Waals surface area contributed by atoms with Crippen LogP contribution in [-0.2, 0) is 22.4 Å². The number of alkyl halides is 1. The lowest BCUT2D eigenvalue weighted by molar-refractivity contribution is -0.115. The molecule has 6 heteroatoms. The molecule has 1 aromatic heterocycles. The predicted octanol–water partition coefficient (Wildman–Crippen LogP) is 4.76. The molecule has 1 amide bonds. The molecule has 2 aromatic rings. The number of nitrogens with one attached hydrogen (secondary N) is 1. The molecule has 3 rings (SSSR count). The molecule has 1 heterocycles. The molecule has 0 fully saturated rings. The lowest BCUT2D eigenvalue weighted by Crippen LogP contribution is -2.21. The Hall–Kier alpha value is -1.85. The van der Waals surface area contributed by atoms with E-state index >= 15 is 0 Å². The zero-order chi connectivity index (χ0) is 18.7. The fraction of sp³-hybridized carbons (Fsp3) is 0.400. The quantitative estimate of drug-likeness (QED) is 0.590. The van der Waals surface area contributed by atoms with Crippen molar-refractivity contribution >= 4 is 39.8 Å². The Morgan fingerprint density at radius 3 is 2.73 bits per heavy atom. The summed E-state index contributed by atoms with van der Waals surface area (Å²) in [7, 11) is 0. The third-order valence-corrected chi connectivity index (χ3v) is 5.98. The Morgan fingerprint density at radius 1 is 1.35 bits per heavy atom. The van der Waals surface area contributed by atoms with E-state index in [1.807, 2.05) is 6.07 Å². The van der Waals surface area contributed by atoms with Gasteiger partial charge < -0.3 is 10.1 Å². The van der Waals surface area contributed by atoms with Gasteiger partial charge in [0.2, 0.25) is 5.91 Å². The van der Waals surface area contributed by atoms with Crippen molar-refractivity contribution in [3.63, 3.8) is 0 Å². The van der Waals surface area contributed by atoms with Gasteiger partial charge in [0.15, 0.2) is 0 Å². The SMILES string of the molecule is CCOC(=O)c1c(NC(=O)[C@H](C)Cl)sc2c1CC[C@@H](c1ccccc1)C2. The number of rotatable bonds is 5. The van der Waals surface area contributed by atoms with Gasteiger partial charge in [-0.05, 0) is 50.2 Å². The third-order valence-electron chi connectivity index (χ3n) is 4.61. The van der Waals surface area contributed by atoms with Crippen molar-refractivity contribution in [1.82, 2.24) is 0 Å². The molecule has 1 aliphatic carbocycles. The van der Waals surface area contributed by atoms with Crippen LogP contribution in [0, 0.1) is 0 Å². The first-order chi connectivity index (χ1) is 12.5. The Morgan fingerprint density at radius 2 is 2.08 bits per heavy atom. The van der Waals surface area contributed by atoms with Crippen molar-refractivity contribution in [3.8, 4) is 0 Å². The minimum atomic E-state index is -0.666. The zero-order valence-corrected chi connectivity index (χ0v) is 16.5. The van der Waals surface area contributed by atoms with Crippen molar-refractivity contribution < 1.29 is 14.3 Å². The van der Waals surface area contributed by atoms with Crippen LogP contribution < -0.4 is 5.32 Å². The van der Waals surface area contributed by atoms with E-state index in [9.17, 15) is 9.59 Å². The van der Waals surface area contributed by atoms with Crippen molar-refractivity contribution in [2.75, 3.05) is 11.9 Å². The summed E-state index contributed by atoms with van der Waals surface area (Å²) in [4.78, 5) is 25.7. The number of thiophene rings is 1. The molecule has 1 aliphatic rings. The molecule has 0 unspecified atom stereocenters. The second-order valence-corrected chi connectivity index (χ2v) is 8.14. The number of carbonyl (C=O) groups excluding carboxylic acids is 2. The van der Waals surface area contributed by atoms with Gasteiger partial charge in [-0.3, -0.25) is 4.79 Å². The van der Waals surface area contributed by atoms with E-state index in [2.05, 4.69) is 29.6 Å². The number of anilines is 1. The van der Waals surface area contributed by atoms with Crippen LogP contribution in [0.1, 0.15) is 52.5 Å². The molecule has 0 aliphatic heterocycles. The van der Waals surface area contributed by atoms with Gasteiger partial charge in [0.25, 0.3) is 0 Å². The number of ether oxygens (including phenoxy) is 1. The average Bonchev–Trinajstić information content (AvgIpc) is 2.99. The first-order valence-electron chi connectivity index (χ1n) is 8.82. The molecule has 0 saturated carbocycles. The number of benzene rings is 1. The topological polar surface area (TPSA) is 55.4 Å². The van der Waals surface area contributed by atoms with Gasteiger partial charge >= 0.3 is 5.97 Å². The fourth-order valence-electron chi connectivity index (χ4n) is 3.31. The monoisotopic (exact) mass is 391 g/mol. The van der Waals surface area contributed by atoms with Gasteiger partial charge in [-0.1, -0.05) is 30.3 Å². The minimum Gasteiger partial charge on any atom is -0.462 e.